The number of piperazine rings is 1. The van der Waals surface area contributed by atoms with Gasteiger partial charge in [0.25, 0.3) is 0 Å². The number of rotatable bonds is 2. The number of hydrogen-bond donors (Lipinski definition) is 1. The molecule has 3 nitrogen and oxygen atoms in total. The molecule has 1 aromatic carbocycles. The molecule has 1 fully saturated rings. The number of aryl methyl sites for hydroxylation is 1. The number of benzene rings is 1. The molecule has 17 heavy (non-hydrogen) atoms. The van der Waals surface area contributed by atoms with E-state index < -0.39 is 5.54 Å². The third-order valence-electron chi connectivity index (χ3n) is 3.26. The highest BCUT2D eigenvalue weighted by molar-refractivity contribution is 5.86. The summed E-state index contributed by atoms with van der Waals surface area (Å²) in [6, 6.07) is 8.37. The van der Waals surface area contributed by atoms with E-state index in [2.05, 4.69) is 36.5 Å². The van der Waals surface area contributed by atoms with Crippen LogP contribution in [-0.4, -0.2) is 29.4 Å². The molecule has 0 saturated carbocycles. The monoisotopic (exact) mass is 232 g/mol. The first-order valence-electron chi connectivity index (χ1n) is 6.09. The molecule has 1 saturated heterocycles. The van der Waals surface area contributed by atoms with E-state index in [0.29, 0.717) is 6.54 Å². The Balaban J connectivity index is 2.08. The molecular weight excluding hydrogens is 212 g/mol. The maximum Gasteiger partial charge on any atom is 0.242 e. The van der Waals surface area contributed by atoms with Crippen LogP contribution in [0.1, 0.15) is 25.0 Å². The molecule has 0 atom stereocenters. The molecule has 3 heteroatoms. The summed E-state index contributed by atoms with van der Waals surface area (Å²) in [4.78, 5) is 14.1. The van der Waals surface area contributed by atoms with Gasteiger partial charge in [-0.3, -0.25) is 4.79 Å². The lowest BCUT2D eigenvalue weighted by Crippen LogP contribution is -2.60. The van der Waals surface area contributed by atoms with Crippen LogP contribution in [0.4, 0.5) is 0 Å². The Kier molecular flexibility index (Phi) is 3.20. The molecule has 0 spiro atoms. The minimum atomic E-state index is -0.428. The van der Waals surface area contributed by atoms with Crippen LogP contribution in [0.25, 0.3) is 0 Å². The molecule has 1 aliphatic heterocycles. The quantitative estimate of drug-likeness (QED) is 0.842. The van der Waals surface area contributed by atoms with Crippen LogP contribution < -0.4 is 5.32 Å². The lowest BCUT2D eigenvalue weighted by Gasteiger charge is -2.38. The Labute approximate surface area is 103 Å². The highest BCUT2D eigenvalue weighted by Gasteiger charge is 2.34. The number of carbonyl (C=O) groups is 1. The zero-order valence-electron chi connectivity index (χ0n) is 10.8. The van der Waals surface area contributed by atoms with Gasteiger partial charge in [0.05, 0.1) is 5.54 Å². The van der Waals surface area contributed by atoms with Gasteiger partial charge in [0, 0.05) is 19.6 Å². The first-order valence-corrected chi connectivity index (χ1v) is 6.09. The third-order valence-corrected chi connectivity index (χ3v) is 3.26. The second-order valence-corrected chi connectivity index (χ2v) is 5.26. The highest BCUT2D eigenvalue weighted by atomic mass is 16.2. The van der Waals surface area contributed by atoms with Crippen molar-refractivity contribution in [2.75, 3.05) is 13.1 Å². The van der Waals surface area contributed by atoms with Crippen molar-refractivity contribution >= 4 is 5.91 Å². The number of hydrogen-bond acceptors (Lipinski definition) is 2. The molecule has 0 aliphatic carbocycles. The number of nitrogens with zero attached hydrogens (tertiary/aromatic N) is 1. The number of nitrogens with one attached hydrogen (secondary N) is 1. The van der Waals surface area contributed by atoms with Crippen molar-refractivity contribution in [1.82, 2.24) is 10.2 Å². The Bertz CT molecular complexity index is 409. The van der Waals surface area contributed by atoms with Crippen LogP contribution in [0, 0.1) is 6.92 Å². The Morgan fingerprint density at radius 2 is 1.94 bits per heavy atom. The van der Waals surface area contributed by atoms with Crippen molar-refractivity contribution < 1.29 is 4.79 Å². The highest BCUT2D eigenvalue weighted by Crippen LogP contribution is 2.15. The summed E-state index contributed by atoms with van der Waals surface area (Å²) in [5.74, 6) is 0.185. The lowest BCUT2D eigenvalue weighted by molar-refractivity contribution is -0.140. The van der Waals surface area contributed by atoms with Gasteiger partial charge in [0.2, 0.25) is 5.91 Å². The molecule has 92 valence electrons. The van der Waals surface area contributed by atoms with E-state index in [1.54, 1.807) is 0 Å². The van der Waals surface area contributed by atoms with Crippen molar-refractivity contribution in [2.24, 2.45) is 0 Å². The summed E-state index contributed by atoms with van der Waals surface area (Å²) < 4.78 is 0. The fourth-order valence-corrected chi connectivity index (χ4v) is 2.14. The van der Waals surface area contributed by atoms with Crippen LogP contribution in [0.2, 0.25) is 0 Å². The molecular formula is C14H20N2O. The molecule has 0 aromatic heterocycles. The van der Waals surface area contributed by atoms with E-state index >= 15 is 0 Å². The van der Waals surface area contributed by atoms with Crippen LogP contribution in [0.3, 0.4) is 0 Å². The van der Waals surface area contributed by atoms with E-state index in [1.165, 1.54) is 11.1 Å². The van der Waals surface area contributed by atoms with E-state index in [-0.39, 0.29) is 5.91 Å². The van der Waals surface area contributed by atoms with Gasteiger partial charge in [-0.1, -0.05) is 29.8 Å². The van der Waals surface area contributed by atoms with Crippen molar-refractivity contribution in [3.63, 3.8) is 0 Å². The molecule has 0 radical (unpaired) electrons. The minimum absolute atomic E-state index is 0.185. The minimum Gasteiger partial charge on any atom is -0.336 e. The van der Waals surface area contributed by atoms with Gasteiger partial charge < -0.3 is 10.2 Å². The summed E-state index contributed by atoms with van der Waals surface area (Å²) in [7, 11) is 0. The largest absolute Gasteiger partial charge is 0.336 e. The Morgan fingerprint density at radius 1 is 1.29 bits per heavy atom. The van der Waals surface area contributed by atoms with E-state index in [1.807, 2.05) is 18.7 Å². The second kappa shape index (κ2) is 4.49. The fourth-order valence-electron chi connectivity index (χ4n) is 2.14. The van der Waals surface area contributed by atoms with Crippen molar-refractivity contribution in [3.05, 3.63) is 35.4 Å². The Hall–Kier alpha value is -1.35. The predicted octanol–water partition coefficient (Wildman–Crippen LogP) is 1.71. The molecule has 0 bridgehead atoms. The molecule has 2 rings (SSSR count). The van der Waals surface area contributed by atoms with Gasteiger partial charge in [-0.25, -0.2) is 0 Å². The SMILES string of the molecule is Cc1ccc(CN2CCNC(C)(C)C2=O)cc1. The second-order valence-electron chi connectivity index (χ2n) is 5.26. The van der Waals surface area contributed by atoms with Crippen molar-refractivity contribution in [1.29, 1.82) is 0 Å². The van der Waals surface area contributed by atoms with Gasteiger partial charge in [-0.15, -0.1) is 0 Å². The summed E-state index contributed by atoms with van der Waals surface area (Å²) in [6.45, 7) is 8.32. The number of amides is 1. The first-order chi connectivity index (χ1) is 7.99. The van der Waals surface area contributed by atoms with Gasteiger partial charge >= 0.3 is 0 Å². The molecule has 1 amide bonds. The molecule has 1 N–H and O–H groups in total. The first kappa shape index (κ1) is 12.1. The zero-order valence-corrected chi connectivity index (χ0v) is 10.8. The van der Waals surface area contributed by atoms with Crippen LogP contribution >= 0.6 is 0 Å². The van der Waals surface area contributed by atoms with E-state index in [4.69, 9.17) is 0 Å². The molecule has 0 unspecified atom stereocenters. The lowest BCUT2D eigenvalue weighted by atomic mass is 10.00. The summed E-state index contributed by atoms with van der Waals surface area (Å²) in [5, 5.41) is 3.24. The predicted molar refractivity (Wildman–Crippen MR) is 68.7 cm³/mol. The number of carbonyl (C=O) groups excluding carboxylic acids is 1. The van der Waals surface area contributed by atoms with Gasteiger partial charge in [-0.2, -0.15) is 0 Å². The van der Waals surface area contributed by atoms with Gasteiger partial charge in [0.1, 0.15) is 0 Å². The van der Waals surface area contributed by atoms with Crippen LogP contribution in [-0.2, 0) is 11.3 Å². The van der Waals surface area contributed by atoms with E-state index in [9.17, 15) is 4.79 Å². The summed E-state index contributed by atoms with van der Waals surface area (Å²) in [5.41, 5.74) is 2.02. The summed E-state index contributed by atoms with van der Waals surface area (Å²) >= 11 is 0. The topological polar surface area (TPSA) is 32.3 Å². The molecule has 1 aliphatic rings. The normalized spacial score (nSPS) is 19.5. The molecule has 1 aromatic rings. The van der Waals surface area contributed by atoms with E-state index in [0.717, 1.165) is 13.1 Å². The zero-order chi connectivity index (χ0) is 12.5. The Morgan fingerprint density at radius 3 is 2.59 bits per heavy atom. The third kappa shape index (κ3) is 2.67. The summed E-state index contributed by atoms with van der Waals surface area (Å²) in [6.07, 6.45) is 0. The van der Waals surface area contributed by atoms with Crippen molar-refractivity contribution in [2.45, 2.75) is 32.9 Å². The molecule has 1 heterocycles. The van der Waals surface area contributed by atoms with Crippen LogP contribution in [0.5, 0.6) is 0 Å². The average molecular weight is 232 g/mol. The van der Waals surface area contributed by atoms with Gasteiger partial charge in [0.15, 0.2) is 0 Å². The van der Waals surface area contributed by atoms with Crippen molar-refractivity contribution in [3.8, 4) is 0 Å². The average Bonchev–Trinajstić information content (AvgIpc) is 2.28. The standard InChI is InChI=1S/C14H20N2O/c1-11-4-6-12(7-5-11)10-16-9-8-15-14(2,3)13(16)17/h4-7,15H,8-10H2,1-3H3. The smallest absolute Gasteiger partial charge is 0.242 e. The fraction of sp³-hybridized carbons (Fsp3) is 0.500. The maximum atomic E-state index is 12.2. The van der Waals surface area contributed by atoms with Gasteiger partial charge in [-0.05, 0) is 26.3 Å². The van der Waals surface area contributed by atoms with Crippen LogP contribution in [0.15, 0.2) is 24.3 Å². The maximum absolute atomic E-state index is 12.2.